The zero-order valence-corrected chi connectivity index (χ0v) is 20.0. The standard InChI is InChI=1S/C25H34O9/c1-13(2)22(28)25(31)32-18-7-6-14(3)10-19(34-24(30)17(12-27)8-9-26)21-16(5)23(29)33-20(21)11-15(18)4/h6,8,11,13,18-22,26-28H,5,7,9-10,12H2,1-4H3/b14-6+,15-11-,17-8+/t18-,19+,20?,21?,22?/m0/s1. The van der Waals surface area contributed by atoms with Gasteiger partial charge in [-0.2, -0.15) is 0 Å². The molecule has 0 aromatic heterocycles. The molecule has 1 aliphatic heterocycles. The molecule has 2 aliphatic rings. The van der Waals surface area contributed by atoms with Gasteiger partial charge in [0.1, 0.15) is 18.3 Å². The molecule has 1 saturated heterocycles. The highest BCUT2D eigenvalue weighted by Gasteiger charge is 2.45. The summed E-state index contributed by atoms with van der Waals surface area (Å²) in [5.41, 5.74) is 1.45. The molecule has 3 unspecified atom stereocenters. The van der Waals surface area contributed by atoms with Gasteiger partial charge in [-0.3, -0.25) is 0 Å². The molecular weight excluding hydrogens is 444 g/mol. The topological polar surface area (TPSA) is 140 Å². The predicted molar refractivity (Wildman–Crippen MR) is 122 cm³/mol. The molecule has 0 spiro atoms. The van der Waals surface area contributed by atoms with Gasteiger partial charge in [0.05, 0.1) is 24.7 Å². The van der Waals surface area contributed by atoms with Crippen LogP contribution in [0.3, 0.4) is 0 Å². The van der Waals surface area contributed by atoms with E-state index in [9.17, 15) is 24.6 Å². The molecule has 2 rings (SSSR count). The summed E-state index contributed by atoms with van der Waals surface area (Å²) in [5.74, 6) is -3.19. The second-order valence-electron chi connectivity index (χ2n) is 8.95. The van der Waals surface area contributed by atoms with E-state index in [1.165, 1.54) is 0 Å². The number of hydrogen-bond donors (Lipinski definition) is 3. The van der Waals surface area contributed by atoms with Crippen molar-refractivity contribution in [3.8, 4) is 0 Å². The fourth-order valence-electron chi connectivity index (χ4n) is 3.84. The first-order chi connectivity index (χ1) is 16.0. The molecule has 5 atom stereocenters. The summed E-state index contributed by atoms with van der Waals surface area (Å²) >= 11 is 0. The van der Waals surface area contributed by atoms with Gasteiger partial charge in [0.25, 0.3) is 0 Å². The highest BCUT2D eigenvalue weighted by molar-refractivity contribution is 5.92. The van der Waals surface area contributed by atoms with Gasteiger partial charge in [-0.15, -0.1) is 0 Å². The number of rotatable bonds is 7. The number of fused-ring (bicyclic) bond motifs is 1. The van der Waals surface area contributed by atoms with Crippen molar-refractivity contribution in [1.29, 1.82) is 0 Å². The van der Waals surface area contributed by atoms with E-state index in [0.29, 0.717) is 12.0 Å². The van der Waals surface area contributed by atoms with Crippen LogP contribution < -0.4 is 0 Å². The molecule has 0 aromatic carbocycles. The highest BCUT2D eigenvalue weighted by atomic mass is 16.6. The van der Waals surface area contributed by atoms with Crippen LogP contribution in [0.2, 0.25) is 0 Å². The number of ether oxygens (including phenoxy) is 3. The van der Waals surface area contributed by atoms with E-state index >= 15 is 0 Å². The van der Waals surface area contributed by atoms with Crippen molar-refractivity contribution in [2.24, 2.45) is 11.8 Å². The summed E-state index contributed by atoms with van der Waals surface area (Å²) < 4.78 is 16.7. The average molecular weight is 479 g/mol. The monoisotopic (exact) mass is 478 g/mol. The van der Waals surface area contributed by atoms with Crippen LogP contribution in [0.4, 0.5) is 0 Å². The maximum atomic E-state index is 12.6. The Morgan fingerprint density at radius 2 is 1.94 bits per heavy atom. The molecule has 1 fully saturated rings. The lowest BCUT2D eigenvalue weighted by molar-refractivity contribution is -0.159. The SMILES string of the molecule is C=C1C(=O)OC2/C=C(/C)[C@@H](OC(=O)C(O)C(C)C)C/C=C(\C)C[C@@H](OC(=O)/C(=C/CO)CO)C12. The fourth-order valence-corrected chi connectivity index (χ4v) is 3.84. The summed E-state index contributed by atoms with van der Waals surface area (Å²) in [5, 5.41) is 28.6. The molecule has 1 aliphatic carbocycles. The van der Waals surface area contributed by atoms with Gasteiger partial charge < -0.3 is 29.5 Å². The zero-order valence-electron chi connectivity index (χ0n) is 20.0. The Kier molecular flexibility index (Phi) is 9.78. The van der Waals surface area contributed by atoms with E-state index in [4.69, 9.17) is 19.3 Å². The molecule has 3 N–H and O–H groups in total. The quantitative estimate of drug-likeness (QED) is 0.215. The number of esters is 3. The lowest BCUT2D eigenvalue weighted by Crippen LogP contribution is -2.35. The molecular formula is C25H34O9. The first-order valence-corrected chi connectivity index (χ1v) is 11.2. The largest absolute Gasteiger partial charge is 0.458 e. The summed E-state index contributed by atoms with van der Waals surface area (Å²) in [6.45, 7) is 9.73. The minimum atomic E-state index is -1.26. The van der Waals surface area contributed by atoms with E-state index in [1.54, 1.807) is 26.8 Å². The van der Waals surface area contributed by atoms with E-state index in [-0.39, 0.29) is 23.5 Å². The van der Waals surface area contributed by atoms with Crippen molar-refractivity contribution in [2.45, 2.75) is 65.0 Å². The predicted octanol–water partition coefficient (Wildman–Crippen LogP) is 1.52. The van der Waals surface area contributed by atoms with Crippen LogP contribution in [-0.2, 0) is 28.6 Å². The number of carbonyl (C=O) groups is 3. The second-order valence-corrected chi connectivity index (χ2v) is 8.95. The van der Waals surface area contributed by atoms with Crippen LogP contribution in [0.25, 0.3) is 0 Å². The maximum absolute atomic E-state index is 12.6. The second kappa shape index (κ2) is 12.1. The third-order valence-corrected chi connectivity index (χ3v) is 5.96. The molecule has 0 radical (unpaired) electrons. The minimum absolute atomic E-state index is 0.101. The van der Waals surface area contributed by atoms with Crippen molar-refractivity contribution in [1.82, 2.24) is 0 Å². The molecule has 0 amide bonds. The fraction of sp³-hybridized carbons (Fsp3) is 0.560. The van der Waals surface area contributed by atoms with Gasteiger partial charge in [0, 0.05) is 18.4 Å². The van der Waals surface area contributed by atoms with E-state index in [1.807, 2.05) is 13.0 Å². The smallest absolute Gasteiger partial charge is 0.336 e. The van der Waals surface area contributed by atoms with Gasteiger partial charge in [-0.25, -0.2) is 14.4 Å². The van der Waals surface area contributed by atoms with Crippen molar-refractivity contribution in [3.05, 3.63) is 47.1 Å². The number of carbonyl (C=O) groups excluding carboxylic acids is 3. The Morgan fingerprint density at radius 1 is 1.26 bits per heavy atom. The van der Waals surface area contributed by atoms with Crippen LogP contribution in [0.15, 0.2) is 47.1 Å². The first kappa shape index (κ1) is 27.5. The lowest BCUT2D eigenvalue weighted by atomic mass is 9.85. The summed E-state index contributed by atoms with van der Waals surface area (Å²) in [6, 6.07) is 0. The van der Waals surface area contributed by atoms with Gasteiger partial charge in [0.15, 0.2) is 6.10 Å². The van der Waals surface area contributed by atoms with E-state index in [2.05, 4.69) is 6.58 Å². The van der Waals surface area contributed by atoms with Gasteiger partial charge in [-0.05, 0) is 37.5 Å². The highest BCUT2D eigenvalue weighted by Crippen LogP contribution is 2.37. The van der Waals surface area contributed by atoms with Crippen LogP contribution in [-0.4, -0.2) is 70.9 Å². The Hall–Kier alpha value is -2.75. The number of aliphatic hydroxyl groups excluding tert-OH is 3. The maximum Gasteiger partial charge on any atom is 0.336 e. The molecule has 9 nitrogen and oxygen atoms in total. The van der Waals surface area contributed by atoms with Crippen LogP contribution in [0.1, 0.15) is 40.5 Å². The van der Waals surface area contributed by atoms with Crippen molar-refractivity contribution in [2.75, 3.05) is 13.2 Å². The Labute approximate surface area is 199 Å². The zero-order chi connectivity index (χ0) is 25.6. The first-order valence-electron chi connectivity index (χ1n) is 11.2. The number of aliphatic hydroxyl groups is 3. The average Bonchev–Trinajstić information content (AvgIpc) is 3.05. The Balaban J connectivity index is 2.39. The molecule has 34 heavy (non-hydrogen) atoms. The van der Waals surface area contributed by atoms with Gasteiger partial charge in [0.2, 0.25) is 0 Å². The molecule has 0 aromatic rings. The molecule has 0 saturated carbocycles. The minimum Gasteiger partial charge on any atom is -0.458 e. The normalized spacial score (nSPS) is 29.8. The summed E-state index contributed by atoms with van der Waals surface area (Å²) in [4.78, 5) is 37.3. The van der Waals surface area contributed by atoms with Crippen LogP contribution >= 0.6 is 0 Å². The third kappa shape index (κ3) is 6.65. The lowest BCUT2D eigenvalue weighted by Gasteiger charge is -2.29. The third-order valence-electron chi connectivity index (χ3n) is 5.96. The van der Waals surface area contributed by atoms with Gasteiger partial charge in [-0.1, -0.05) is 32.1 Å². The van der Waals surface area contributed by atoms with E-state index < -0.39 is 61.5 Å². The van der Waals surface area contributed by atoms with Crippen LogP contribution in [0.5, 0.6) is 0 Å². The van der Waals surface area contributed by atoms with Crippen molar-refractivity contribution in [3.63, 3.8) is 0 Å². The Morgan fingerprint density at radius 3 is 2.53 bits per heavy atom. The van der Waals surface area contributed by atoms with Crippen molar-refractivity contribution >= 4 is 17.9 Å². The molecule has 0 bridgehead atoms. The molecule has 9 heteroatoms. The molecule has 1 heterocycles. The summed E-state index contributed by atoms with van der Waals surface area (Å²) in [7, 11) is 0. The molecule has 188 valence electrons. The van der Waals surface area contributed by atoms with Crippen molar-refractivity contribution < 1.29 is 43.9 Å². The summed E-state index contributed by atoms with van der Waals surface area (Å²) in [6.07, 6.45) is 1.60. The Bertz CT molecular complexity index is 896. The van der Waals surface area contributed by atoms with Gasteiger partial charge >= 0.3 is 17.9 Å². The number of hydrogen-bond acceptors (Lipinski definition) is 9. The van der Waals surface area contributed by atoms with E-state index in [0.717, 1.165) is 11.6 Å². The van der Waals surface area contributed by atoms with Crippen LogP contribution in [0, 0.1) is 11.8 Å².